The maximum absolute atomic E-state index is 12.4. The Morgan fingerprint density at radius 1 is 1.29 bits per heavy atom. The predicted molar refractivity (Wildman–Crippen MR) is 82.7 cm³/mol. The number of rotatable bonds is 4. The number of aliphatic hydroxyl groups is 1. The largest absolute Gasteiger partial charge is 0.392 e. The van der Waals surface area contributed by atoms with Gasteiger partial charge in [-0.15, -0.1) is 6.42 Å². The van der Waals surface area contributed by atoms with Gasteiger partial charge in [0.15, 0.2) is 0 Å². The molecule has 1 amide bonds. The summed E-state index contributed by atoms with van der Waals surface area (Å²) in [6.45, 7) is 7.07. The summed E-state index contributed by atoms with van der Waals surface area (Å²) in [4.78, 5) is 18.7. The highest BCUT2D eigenvalue weighted by Gasteiger charge is 2.29. The third kappa shape index (κ3) is 4.44. The highest BCUT2D eigenvalue weighted by molar-refractivity contribution is 5.78. The second kappa shape index (κ2) is 7.79. The Hall–Kier alpha value is -1.09. The van der Waals surface area contributed by atoms with E-state index in [0.717, 1.165) is 52.0 Å². The first-order valence-corrected chi connectivity index (χ1v) is 7.97. The van der Waals surface area contributed by atoms with Gasteiger partial charge in [0.25, 0.3) is 0 Å². The van der Waals surface area contributed by atoms with Crippen molar-refractivity contribution >= 4 is 5.91 Å². The first-order chi connectivity index (χ1) is 10.1. The third-order valence-electron chi connectivity index (χ3n) is 4.60. The van der Waals surface area contributed by atoms with E-state index in [-0.39, 0.29) is 18.1 Å². The van der Waals surface area contributed by atoms with Crippen LogP contribution >= 0.6 is 0 Å². The number of piperazine rings is 1. The van der Waals surface area contributed by atoms with Crippen LogP contribution in [0.5, 0.6) is 0 Å². The minimum absolute atomic E-state index is 0.130. The lowest BCUT2D eigenvalue weighted by atomic mass is 9.98. The molecule has 0 aromatic carbocycles. The van der Waals surface area contributed by atoms with Crippen LogP contribution in [0.2, 0.25) is 0 Å². The van der Waals surface area contributed by atoms with Crippen molar-refractivity contribution in [3.05, 3.63) is 0 Å². The molecule has 2 atom stereocenters. The van der Waals surface area contributed by atoms with Gasteiger partial charge in [-0.05, 0) is 26.3 Å². The van der Waals surface area contributed by atoms with Crippen LogP contribution in [0, 0.1) is 12.3 Å². The Bertz CT molecular complexity index is 383. The Kier molecular flexibility index (Phi) is 6.04. The molecule has 2 saturated heterocycles. The van der Waals surface area contributed by atoms with Crippen LogP contribution in [0.25, 0.3) is 0 Å². The van der Waals surface area contributed by atoms with Crippen LogP contribution < -0.4 is 0 Å². The Balaban J connectivity index is 1.82. The molecule has 5 nitrogen and oxygen atoms in total. The van der Waals surface area contributed by atoms with Gasteiger partial charge >= 0.3 is 0 Å². The SMILES string of the molecule is C#CCN1CCN(C(=O)CN2CCCCC2C(C)O)CC1. The number of aliphatic hydroxyl groups excluding tert-OH is 1. The van der Waals surface area contributed by atoms with Gasteiger partial charge in [-0.2, -0.15) is 0 Å². The van der Waals surface area contributed by atoms with Gasteiger partial charge in [-0.1, -0.05) is 12.3 Å². The number of piperidine rings is 1. The molecule has 2 aliphatic heterocycles. The van der Waals surface area contributed by atoms with E-state index in [1.54, 1.807) is 0 Å². The lowest BCUT2D eigenvalue weighted by molar-refractivity contribution is -0.135. The van der Waals surface area contributed by atoms with E-state index in [4.69, 9.17) is 6.42 Å². The minimum Gasteiger partial charge on any atom is -0.392 e. The molecule has 1 N–H and O–H groups in total. The van der Waals surface area contributed by atoms with E-state index < -0.39 is 0 Å². The van der Waals surface area contributed by atoms with Gasteiger partial charge in [-0.25, -0.2) is 0 Å². The van der Waals surface area contributed by atoms with E-state index in [1.807, 2.05) is 11.8 Å². The first kappa shape index (κ1) is 16.3. The number of hydrogen-bond donors (Lipinski definition) is 1. The molecule has 2 fully saturated rings. The van der Waals surface area contributed by atoms with Crippen molar-refractivity contribution in [2.24, 2.45) is 0 Å². The van der Waals surface area contributed by atoms with Crippen molar-refractivity contribution in [2.75, 3.05) is 45.8 Å². The first-order valence-electron chi connectivity index (χ1n) is 7.97. The molecular weight excluding hydrogens is 266 g/mol. The van der Waals surface area contributed by atoms with Crippen LogP contribution in [0.3, 0.4) is 0 Å². The summed E-state index contributed by atoms with van der Waals surface area (Å²) >= 11 is 0. The average molecular weight is 293 g/mol. The second-order valence-electron chi connectivity index (χ2n) is 6.14. The maximum Gasteiger partial charge on any atom is 0.236 e. The number of terminal acetylenes is 1. The van der Waals surface area contributed by atoms with E-state index in [9.17, 15) is 9.90 Å². The van der Waals surface area contributed by atoms with Gasteiger partial charge in [0.2, 0.25) is 5.91 Å². The lowest BCUT2D eigenvalue weighted by Crippen LogP contribution is -2.54. The smallest absolute Gasteiger partial charge is 0.236 e. The standard InChI is InChI=1S/C16H27N3O2/c1-3-7-17-9-11-18(12-10-17)16(21)13-19-8-5-4-6-15(19)14(2)20/h1,14-15,20H,4-13H2,2H3. The number of carbonyl (C=O) groups excluding carboxylic acids is 1. The highest BCUT2D eigenvalue weighted by Crippen LogP contribution is 2.19. The highest BCUT2D eigenvalue weighted by atomic mass is 16.3. The molecule has 0 radical (unpaired) electrons. The average Bonchev–Trinajstić information content (AvgIpc) is 2.48. The van der Waals surface area contributed by atoms with E-state index in [0.29, 0.717) is 13.1 Å². The molecule has 0 aliphatic carbocycles. The maximum atomic E-state index is 12.4. The van der Waals surface area contributed by atoms with Crippen molar-refractivity contribution < 1.29 is 9.90 Å². The Morgan fingerprint density at radius 3 is 2.62 bits per heavy atom. The monoisotopic (exact) mass is 293 g/mol. The van der Waals surface area contributed by atoms with Crippen molar-refractivity contribution in [3.8, 4) is 12.3 Å². The molecule has 2 rings (SSSR count). The normalized spacial score (nSPS) is 26.3. The molecule has 0 saturated carbocycles. The van der Waals surface area contributed by atoms with Crippen molar-refractivity contribution in [3.63, 3.8) is 0 Å². The summed E-state index contributed by atoms with van der Waals surface area (Å²) < 4.78 is 0. The molecule has 2 heterocycles. The molecule has 0 bridgehead atoms. The predicted octanol–water partition coefficient (Wildman–Crippen LogP) is -0.000900. The second-order valence-corrected chi connectivity index (χ2v) is 6.14. The van der Waals surface area contributed by atoms with Crippen LogP contribution in [-0.4, -0.2) is 83.7 Å². The van der Waals surface area contributed by atoms with Crippen LogP contribution in [0.15, 0.2) is 0 Å². The molecule has 2 unspecified atom stereocenters. The fourth-order valence-electron chi connectivity index (χ4n) is 3.32. The zero-order valence-electron chi connectivity index (χ0n) is 13.0. The lowest BCUT2D eigenvalue weighted by Gasteiger charge is -2.39. The molecule has 0 aromatic heterocycles. The number of hydrogen-bond acceptors (Lipinski definition) is 4. The van der Waals surface area contributed by atoms with Crippen LogP contribution in [-0.2, 0) is 4.79 Å². The van der Waals surface area contributed by atoms with Crippen molar-refractivity contribution in [2.45, 2.75) is 38.3 Å². The van der Waals surface area contributed by atoms with Crippen molar-refractivity contribution in [1.82, 2.24) is 14.7 Å². The molecule has 0 spiro atoms. The summed E-state index contributed by atoms with van der Waals surface area (Å²) in [5.74, 6) is 2.84. The fraction of sp³-hybridized carbons (Fsp3) is 0.812. The van der Waals surface area contributed by atoms with Gasteiger partial charge < -0.3 is 10.0 Å². The van der Waals surface area contributed by atoms with Gasteiger partial charge in [0.05, 0.1) is 19.2 Å². The summed E-state index contributed by atoms with van der Waals surface area (Å²) in [5, 5.41) is 9.87. The van der Waals surface area contributed by atoms with E-state index in [2.05, 4.69) is 15.7 Å². The van der Waals surface area contributed by atoms with Gasteiger partial charge in [0, 0.05) is 32.2 Å². The van der Waals surface area contributed by atoms with Gasteiger partial charge in [0.1, 0.15) is 0 Å². The summed E-state index contributed by atoms with van der Waals surface area (Å²) in [6.07, 6.45) is 8.20. The zero-order chi connectivity index (χ0) is 15.2. The topological polar surface area (TPSA) is 47.0 Å². The number of amides is 1. The quantitative estimate of drug-likeness (QED) is 0.741. The molecule has 5 heteroatoms. The molecular formula is C16H27N3O2. The van der Waals surface area contributed by atoms with E-state index >= 15 is 0 Å². The Morgan fingerprint density at radius 2 is 2.00 bits per heavy atom. The summed E-state index contributed by atoms with van der Waals surface area (Å²) in [7, 11) is 0. The van der Waals surface area contributed by atoms with Crippen molar-refractivity contribution in [1.29, 1.82) is 0 Å². The minimum atomic E-state index is -0.370. The zero-order valence-corrected chi connectivity index (χ0v) is 13.0. The molecule has 2 aliphatic rings. The molecule has 118 valence electrons. The summed E-state index contributed by atoms with van der Waals surface area (Å²) in [6, 6.07) is 0.130. The number of nitrogens with zero attached hydrogens (tertiary/aromatic N) is 3. The van der Waals surface area contributed by atoms with Crippen LogP contribution in [0.4, 0.5) is 0 Å². The third-order valence-corrected chi connectivity index (χ3v) is 4.60. The number of carbonyl (C=O) groups is 1. The Labute approximate surface area is 127 Å². The molecule has 21 heavy (non-hydrogen) atoms. The number of likely N-dealkylation sites (tertiary alicyclic amines) is 1. The van der Waals surface area contributed by atoms with Gasteiger partial charge in [-0.3, -0.25) is 14.6 Å². The van der Waals surface area contributed by atoms with E-state index in [1.165, 1.54) is 0 Å². The fourth-order valence-corrected chi connectivity index (χ4v) is 3.32. The summed E-state index contributed by atoms with van der Waals surface area (Å²) in [5.41, 5.74) is 0. The van der Waals surface area contributed by atoms with Crippen LogP contribution in [0.1, 0.15) is 26.2 Å². The molecule has 0 aromatic rings.